The second kappa shape index (κ2) is 9.98. The summed E-state index contributed by atoms with van der Waals surface area (Å²) in [4.78, 5) is 16.8. The molecule has 0 radical (unpaired) electrons. The van der Waals surface area contributed by atoms with Gasteiger partial charge in [0.1, 0.15) is 0 Å². The van der Waals surface area contributed by atoms with Gasteiger partial charge < -0.3 is 16.0 Å². The van der Waals surface area contributed by atoms with E-state index in [0.717, 1.165) is 44.9 Å². The first-order valence-corrected chi connectivity index (χ1v) is 9.52. The van der Waals surface area contributed by atoms with Crippen LogP contribution in [0.15, 0.2) is 0 Å². The van der Waals surface area contributed by atoms with Crippen molar-refractivity contribution in [1.82, 2.24) is 15.1 Å². The second-order valence-electron chi connectivity index (χ2n) is 6.28. The number of carbonyl (C=O) groups is 1. The fourth-order valence-corrected chi connectivity index (χ4v) is 3.84. The SMILES string of the molecule is CSCC[C@@H](N)C(=O)N1CCN(C2CCNC(C)C2)CC1.Cl. The maximum Gasteiger partial charge on any atom is 0.239 e. The number of nitrogens with zero attached hydrogens (tertiary/aromatic N) is 2. The van der Waals surface area contributed by atoms with Gasteiger partial charge in [-0.15, -0.1) is 12.4 Å². The van der Waals surface area contributed by atoms with Crippen LogP contribution < -0.4 is 11.1 Å². The standard InChI is InChI=1S/C15H30N4OS.ClH/c1-12-11-13(3-5-17-12)18-6-8-19(9-7-18)15(20)14(16)4-10-21-2;/h12-14,17H,3-11,16H2,1-2H3;1H/t12?,13?,14-;/m1./s1. The fourth-order valence-electron chi connectivity index (χ4n) is 3.35. The number of nitrogens with one attached hydrogen (secondary N) is 1. The maximum atomic E-state index is 12.3. The molecule has 3 atom stereocenters. The van der Waals surface area contributed by atoms with E-state index in [9.17, 15) is 4.79 Å². The van der Waals surface area contributed by atoms with Crippen molar-refractivity contribution in [1.29, 1.82) is 0 Å². The number of halogens is 1. The summed E-state index contributed by atoms with van der Waals surface area (Å²) in [7, 11) is 0. The van der Waals surface area contributed by atoms with Crippen molar-refractivity contribution >= 4 is 30.1 Å². The summed E-state index contributed by atoms with van der Waals surface area (Å²) < 4.78 is 0. The Kier molecular flexibility index (Phi) is 9.09. The van der Waals surface area contributed by atoms with Gasteiger partial charge in [-0.3, -0.25) is 9.69 Å². The molecule has 7 heteroatoms. The van der Waals surface area contributed by atoms with E-state index in [1.807, 2.05) is 4.90 Å². The van der Waals surface area contributed by atoms with E-state index in [0.29, 0.717) is 12.1 Å². The molecule has 22 heavy (non-hydrogen) atoms. The molecule has 2 fully saturated rings. The first-order chi connectivity index (χ1) is 10.1. The van der Waals surface area contributed by atoms with Crippen LogP contribution in [0.25, 0.3) is 0 Å². The number of hydrogen-bond donors (Lipinski definition) is 2. The largest absolute Gasteiger partial charge is 0.339 e. The lowest BCUT2D eigenvalue weighted by molar-refractivity contribution is -0.134. The van der Waals surface area contributed by atoms with E-state index in [-0.39, 0.29) is 24.4 Å². The van der Waals surface area contributed by atoms with Crippen LogP contribution in [0.1, 0.15) is 26.2 Å². The highest BCUT2D eigenvalue weighted by atomic mass is 35.5. The van der Waals surface area contributed by atoms with E-state index in [1.165, 1.54) is 12.8 Å². The zero-order chi connectivity index (χ0) is 15.2. The minimum Gasteiger partial charge on any atom is -0.339 e. The molecule has 2 heterocycles. The zero-order valence-corrected chi connectivity index (χ0v) is 15.4. The molecule has 0 aliphatic carbocycles. The Labute approximate surface area is 145 Å². The van der Waals surface area contributed by atoms with Crippen LogP contribution in [0.5, 0.6) is 0 Å². The van der Waals surface area contributed by atoms with E-state index in [2.05, 4.69) is 23.4 Å². The molecule has 2 saturated heterocycles. The molecule has 5 nitrogen and oxygen atoms in total. The molecule has 2 aliphatic rings. The van der Waals surface area contributed by atoms with E-state index < -0.39 is 0 Å². The topological polar surface area (TPSA) is 61.6 Å². The molecule has 2 rings (SSSR count). The van der Waals surface area contributed by atoms with Gasteiger partial charge in [0.05, 0.1) is 6.04 Å². The summed E-state index contributed by atoms with van der Waals surface area (Å²) in [5, 5.41) is 3.50. The van der Waals surface area contributed by atoms with Crippen LogP contribution in [-0.4, -0.2) is 78.6 Å². The van der Waals surface area contributed by atoms with Gasteiger partial charge in [0.2, 0.25) is 5.91 Å². The smallest absolute Gasteiger partial charge is 0.239 e. The first-order valence-electron chi connectivity index (χ1n) is 8.12. The predicted octanol–water partition coefficient (Wildman–Crippen LogP) is 0.773. The summed E-state index contributed by atoms with van der Waals surface area (Å²) in [6.45, 7) is 7.05. The van der Waals surface area contributed by atoms with Crippen LogP contribution in [0.4, 0.5) is 0 Å². The summed E-state index contributed by atoms with van der Waals surface area (Å²) >= 11 is 1.75. The summed E-state index contributed by atoms with van der Waals surface area (Å²) in [6, 6.07) is 0.981. The first kappa shape index (κ1) is 20.0. The molecular weight excluding hydrogens is 320 g/mol. The second-order valence-corrected chi connectivity index (χ2v) is 7.27. The molecule has 0 aromatic carbocycles. The highest BCUT2D eigenvalue weighted by Gasteiger charge is 2.30. The number of amides is 1. The Balaban J connectivity index is 0.00000242. The Bertz CT molecular complexity index is 340. The summed E-state index contributed by atoms with van der Waals surface area (Å²) in [5.74, 6) is 1.10. The average molecular weight is 351 g/mol. The van der Waals surface area contributed by atoms with Crippen LogP contribution in [0.3, 0.4) is 0 Å². The molecule has 0 saturated carbocycles. The van der Waals surface area contributed by atoms with Crippen LogP contribution in [0.2, 0.25) is 0 Å². The van der Waals surface area contributed by atoms with Crippen LogP contribution >= 0.6 is 24.2 Å². The lowest BCUT2D eigenvalue weighted by Gasteiger charge is -2.42. The Morgan fingerprint density at radius 1 is 1.36 bits per heavy atom. The zero-order valence-electron chi connectivity index (χ0n) is 13.8. The number of rotatable bonds is 5. The van der Waals surface area contributed by atoms with Crippen molar-refractivity contribution in [2.24, 2.45) is 5.73 Å². The van der Waals surface area contributed by atoms with Crippen LogP contribution in [-0.2, 0) is 4.79 Å². The van der Waals surface area contributed by atoms with Gasteiger partial charge in [-0.1, -0.05) is 0 Å². The summed E-state index contributed by atoms with van der Waals surface area (Å²) in [6.07, 6.45) is 5.29. The van der Waals surface area contributed by atoms with Gasteiger partial charge in [0, 0.05) is 38.3 Å². The van der Waals surface area contributed by atoms with E-state index >= 15 is 0 Å². The lowest BCUT2D eigenvalue weighted by Crippen LogP contribution is -2.57. The van der Waals surface area contributed by atoms with Crippen molar-refractivity contribution in [3.05, 3.63) is 0 Å². The monoisotopic (exact) mass is 350 g/mol. The highest BCUT2D eigenvalue weighted by Crippen LogP contribution is 2.18. The normalized spacial score (nSPS) is 28.0. The van der Waals surface area contributed by atoms with Crippen molar-refractivity contribution in [2.45, 2.75) is 44.3 Å². The minimum absolute atomic E-state index is 0. The number of carbonyl (C=O) groups excluding carboxylic acids is 1. The highest BCUT2D eigenvalue weighted by molar-refractivity contribution is 7.98. The Morgan fingerprint density at radius 2 is 2.05 bits per heavy atom. The van der Waals surface area contributed by atoms with E-state index in [1.54, 1.807) is 11.8 Å². The third-order valence-electron chi connectivity index (χ3n) is 4.69. The predicted molar refractivity (Wildman–Crippen MR) is 96.9 cm³/mol. The Hall–Kier alpha value is -0.0100. The number of nitrogens with two attached hydrogens (primary N) is 1. The number of hydrogen-bond acceptors (Lipinski definition) is 5. The van der Waals surface area contributed by atoms with Crippen molar-refractivity contribution in [3.63, 3.8) is 0 Å². The van der Waals surface area contributed by atoms with Crippen LogP contribution in [0, 0.1) is 0 Å². The van der Waals surface area contributed by atoms with Gasteiger partial charge in [-0.05, 0) is 44.7 Å². The number of thioether (sulfide) groups is 1. The maximum absolute atomic E-state index is 12.3. The third kappa shape index (κ3) is 5.57. The number of piperazine rings is 1. The third-order valence-corrected chi connectivity index (χ3v) is 5.33. The van der Waals surface area contributed by atoms with Gasteiger partial charge in [0.15, 0.2) is 0 Å². The Morgan fingerprint density at radius 3 is 2.64 bits per heavy atom. The molecule has 2 unspecified atom stereocenters. The van der Waals surface area contributed by atoms with Crippen molar-refractivity contribution < 1.29 is 4.79 Å². The quantitative estimate of drug-likeness (QED) is 0.767. The minimum atomic E-state index is -0.317. The van der Waals surface area contributed by atoms with Gasteiger partial charge in [-0.2, -0.15) is 11.8 Å². The molecule has 0 aromatic heterocycles. The molecule has 130 valence electrons. The van der Waals surface area contributed by atoms with Crippen molar-refractivity contribution in [2.75, 3.05) is 44.7 Å². The van der Waals surface area contributed by atoms with Crippen molar-refractivity contribution in [3.8, 4) is 0 Å². The van der Waals surface area contributed by atoms with E-state index in [4.69, 9.17) is 5.73 Å². The molecule has 3 N–H and O–H groups in total. The average Bonchev–Trinajstić information content (AvgIpc) is 2.52. The van der Waals surface area contributed by atoms with Gasteiger partial charge >= 0.3 is 0 Å². The van der Waals surface area contributed by atoms with Gasteiger partial charge in [0.25, 0.3) is 0 Å². The molecule has 0 bridgehead atoms. The lowest BCUT2D eigenvalue weighted by atomic mass is 9.98. The molecule has 0 aromatic rings. The number of piperidine rings is 1. The molecule has 0 spiro atoms. The fraction of sp³-hybridized carbons (Fsp3) is 0.933. The molecule has 2 aliphatic heterocycles. The molecular formula is C15H31ClN4OS. The summed E-state index contributed by atoms with van der Waals surface area (Å²) in [5.41, 5.74) is 6.00. The van der Waals surface area contributed by atoms with Gasteiger partial charge in [-0.25, -0.2) is 0 Å². The molecule has 1 amide bonds.